The van der Waals surface area contributed by atoms with E-state index in [2.05, 4.69) is 15.1 Å². The van der Waals surface area contributed by atoms with Crippen molar-refractivity contribution < 1.29 is 4.39 Å². The van der Waals surface area contributed by atoms with E-state index in [0.29, 0.717) is 5.82 Å². The smallest absolute Gasteiger partial charge is 0.156 e. The van der Waals surface area contributed by atoms with Crippen LogP contribution < -0.4 is 0 Å². The maximum Gasteiger partial charge on any atom is 0.156 e. The predicted octanol–water partition coefficient (Wildman–Crippen LogP) is 2.47. The lowest BCUT2D eigenvalue weighted by molar-refractivity contribution is 0.628. The molecule has 3 rings (SSSR count). The fraction of sp³-hybridized carbons (Fsp3) is 0. The van der Waals surface area contributed by atoms with Crippen molar-refractivity contribution in [2.24, 2.45) is 0 Å². The zero-order chi connectivity index (χ0) is 12.4. The summed E-state index contributed by atoms with van der Waals surface area (Å²) in [6.45, 7) is 0. The van der Waals surface area contributed by atoms with E-state index in [4.69, 9.17) is 0 Å². The molecular weight excluding hydrogens is 231 g/mol. The number of hydrogen-bond donors (Lipinski definition) is 0. The van der Waals surface area contributed by atoms with Gasteiger partial charge >= 0.3 is 0 Å². The molecule has 4 nitrogen and oxygen atoms in total. The molecule has 2 aromatic heterocycles. The SMILES string of the molecule is Fc1cccc(-c2cnn(-c3ccncn3)c2)c1. The van der Waals surface area contributed by atoms with E-state index in [9.17, 15) is 4.39 Å². The first-order valence-corrected chi connectivity index (χ1v) is 5.40. The highest BCUT2D eigenvalue weighted by atomic mass is 19.1. The van der Waals surface area contributed by atoms with Gasteiger partial charge in [-0.15, -0.1) is 0 Å². The van der Waals surface area contributed by atoms with Crippen LogP contribution >= 0.6 is 0 Å². The highest BCUT2D eigenvalue weighted by Crippen LogP contribution is 2.20. The van der Waals surface area contributed by atoms with E-state index in [1.165, 1.54) is 18.5 Å². The third-order valence-electron chi connectivity index (χ3n) is 2.54. The topological polar surface area (TPSA) is 43.6 Å². The Hall–Kier alpha value is -2.56. The van der Waals surface area contributed by atoms with E-state index in [-0.39, 0.29) is 5.82 Å². The molecule has 1 aromatic carbocycles. The standard InChI is InChI=1S/C13H9FN4/c14-12-3-1-2-10(6-12)11-7-17-18(8-11)13-4-5-15-9-16-13/h1-9H. The third-order valence-corrected chi connectivity index (χ3v) is 2.54. The quantitative estimate of drug-likeness (QED) is 0.691. The molecule has 0 N–H and O–H groups in total. The molecule has 0 aliphatic carbocycles. The van der Waals surface area contributed by atoms with Gasteiger partial charge < -0.3 is 0 Å². The predicted molar refractivity (Wildman–Crippen MR) is 64.5 cm³/mol. The molecule has 0 bridgehead atoms. The minimum atomic E-state index is -0.262. The summed E-state index contributed by atoms with van der Waals surface area (Å²) >= 11 is 0. The molecule has 0 atom stereocenters. The van der Waals surface area contributed by atoms with Crippen LogP contribution in [0.25, 0.3) is 16.9 Å². The lowest BCUT2D eigenvalue weighted by Crippen LogP contribution is -1.96. The average molecular weight is 240 g/mol. The van der Waals surface area contributed by atoms with Crippen molar-refractivity contribution in [1.29, 1.82) is 0 Å². The number of aromatic nitrogens is 4. The normalized spacial score (nSPS) is 10.5. The monoisotopic (exact) mass is 240 g/mol. The second-order valence-electron chi connectivity index (χ2n) is 3.75. The van der Waals surface area contributed by atoms with Crippen LogP contribution in [0.15, 0.2) is 55.2 Å². The molecule has 2 heterocycles. The Labute approximate surface area is 103 Å². The minimum Gasteiger partial charge on any atom is -0.245 e. The van der Waals surface area contributed by atoms with Crippen molar-refractivity contribution >= 4 is 0 Å². The van der Waals surface area contributed by atoms with E-state index in [0.717, 1.165) is 11.1 Å². The molecule has 0 saturated heterocycles. The highest BCUT2D eigenvalue weighted by molar-refractivity contribution is 5.61. The number of benzene rings is 1. The van der Waals surface area contributed by atoms with Crippen molar-refractivity contribution in [3.63, 3.8) is 0 Å². The van der Waals surface area contributed by atoms with Gasteiger partial charge in [-0.2, -0.15) is 5.10 Å². The van der Waals surface area contributed by atoms with Crippen LogP contribution in [0.2, 0.25) is 0 Å². The maximum absolute atomic E-state index is 13.1. The van der Waals surface area contributed by atoms with Gasteiger partial charge in [0.2, 0.25) is 0 Å². The summed E-state index contributed by atoms with van der Waals surface area (Å²) in [5.41, 5.74) is 1.63. The second kappa shape index (κ2) is 4.37. The summed E-state index contributed by atoms with van der Waals surface area (Å²) < 4.78 is 14.8. The number of hydrogen-bond acceptors (Lipinski definition) is 3. The first-order chi connectivity index (χ1) is 8.83. The van der Waals surface area contributed by atoms with E-state index in [1.807, 2.05) is 6.07 Å². The van der Waals surface area contributed by atoms with Crippen LogP contribution in [-0.2, 0) is 0 Å². The van der Waals surface area contributed by atoms with Crippen LogP contribution in [0.3, 0.4) is 0 Å². The molecule has 3 aromatic rings. The Morgan fingerprint density at radius 2 is 2.06 bits per heavy atom. The fourth-order valence-electron chi connectivity index (χ4n) is 1.68. The van der Waals surface area contributed by atoms with Crippen LogP contribution in [0, 0.1) is 5.82 Å². The zero-order valence-electron chi connectivity index (χ0n) is 9.36. The summed E-state index contributed by atoms with van der Waals surface area (Å²) in [4.78, 5) is 7.93. The summed E-state index contributed by atoms with van der Waals surface area (Å²) in [6.07, 6.45) is 6.58. The van der Waals surface area contributed by atoms with Gasteiger partial charge in [0.1, 0.15) is 12.1 Å². The minimum absolute atomic E-state index is 0.262. The Morgan fingerprint density at radius 1 is 1.11 bits per heavy atom. The molecule has 0 unspecified atom stereocenters. The van der Waals surface area contributed by atoms with Crippen LogP contribution in [0.4, 0.5) is 4.39 Å². The molecule has 0 radical (unpaired) electrons. The van der Waals surface area contributed by atoms with Gasteiger partial charge in [-0.3, -0.25) is 0 Å². The molecule has 0 aliphatic heterocycles. The van der Waals surface area contributed by atoms with Gasteiger partial charge in [-0.25, -0.2) is 19.0 Å². The lowest BCUT2D eigenvalue weighted by Gasteiger charge is -1.98. The molecule has 0 fully saturated rings. The Balaban J connectivity index is 2.00. The molecule has 0 spiro atoms. The van der Waals surface area contributed by atoms with Gasteiger partial charge in [0.05, 0.1) is 6.20 Å². The molecule has 0 aliphatic rings. The van der Waals surface area contributed by atoms with E-state index < -0.39 is 0 Å². The average Bonchev–Trinajstić information content (AvgIpc) is 2.89. The molecule has 18 heavy (non-hydrogen) atoms. The molecule has 0 amide bonds. The molecule has 5 heteroatoms. The van der Waals surface area contributed by atoms with Crippen LogP contribution in [0.1, 0.15) is 0 Å². The first kappa shape index (κ1) is 10.6. The van der Waals surface area contributed by atoms with Crippen molar-refractivity contribution in [2.75, 3.05) is 0 Å². The maximum atomic E-state index is 13.1. The summed E-state index contributed by atoms with van der Waals surface area (Å²) in [5, 5.41) is 4.20. The van der Waals surface area contributed by atoms with Gasteiger partial charge in [-0.1, -0.05) is 12.1 Å². The van der Waals surface area contributed by atoms with Crippen molar-refractivity contribution in [2.45, 2.75) is 0 Å². The molecule has 88 valence electrons. The van der Waals surface area contributed by atoms with Gasteiger partial charge in [-0.05, 0) is 17.7 Å². The zero-order valence-corrected chi connectivity index (χ0v) is 9.36. The van der Waals surface area contributed by atoms with Crippen molar-refractivity contribution in [1.82, 2.24) is 19.7 Å². The number of halogens is 1. The van der Waals surface area contributed by atoms with Gasteiger partial charge in [0.25, 0.3) is 0 Å². The Morgan fingerprint density at radius 3 is 2.83 bits per heavy atom. The lowest BCUT2D eigenvalue weighted by atomic mass is 10.1. The molecular formula is C13H9FN4. The first-order valence-electron chi connectivity index (χ1n) is 5.40. The van der Waals surface area contributed by atoms with Crippen molar-refractivity contribution in [3.05, 3.63) is 61.1 Å². The number of rotatable bonds is 2. The van der Waals surface area contributed by atoms with Crippen LogP contribution in [-0.4, -0.2) is 19.7 Å². The Kier molecular flexibility index (Phi) is 2.57. The van der Waals surface area contributed by atoms with E-state index in [1.54, 1.807) is 35.4 Å². The highest BCUT2D eigenvalue weighted by Gasteiger charge is 2.04. The fourth-order valence-corrected chi connectivity index (χ4v) is 1.68. The summed E-state index contributed by atoms with van der Waals surface area (Å²) in [6, 6.07) is 8.15. The second-order valence-corrected chi connectivity index (χ2v) is 3.75. The van der Waals surface area contributed by atoms with Crippen LogP contribution in [0.5, 0.6) is 0 Å². The van der Waals surface area contributed by atoms with Gasteiger partial charge in [0, 0.05) is 24.0 Å². The largest absolute Gasteiger partial charge is 0.245 e. The Bertz CT molecular complexity index is 664. The third kappa shape index (κ3) is 1.98. The van der Waals surface area contributed by atoms with E-state index >= 15 is 0 Å². The number of nitrogens with zero attached hydrogens (tertiary/aromatic N) is 4. The molecule has 0 saturated carbocycles. The summed E-state index contributed by atoms with van der Waals surface area (Å²) in [7, 11) is 0. The summed E-state index contributed by atoms with van der Waals surface area (Å²) in [5.74, 6) is 0.412. The van der Waals surface area contributed by atoms with Crippen molar-refractivity contribution in [3.8, 4) is 16.9 Å². The van der Waals surface area contributed by atoms with Gasteiger partial charge in [0.15, 0.2) is 5.82 Å².